The summed E-state index contributed by atoms with van der Waals surface area (Å²) < 4.78 is 6.14. The third-order valence-electron chi connectivity index (χ3n) is 4.79. The van der Waals surface area contributed by atoms with E-state index in [1.165, 1.54) is 32.1 Å². The minimum absolute atomic E-state index is 0.229. The van der Waals surface area contributed by atoms with Crippen LogP contribution in [-0.4, -0.2) is 22.2 Å². The Hall–Kier alpha value is -1.94. The van der Waals surface area contributed by atoms with E-state index in [1.807, 2.05) is 19.1 Å². The number of hydrogen-bond donors (Lipinski definition) is 1. The number of hydrogen-bond acceptors (Lipinski definition) is 4. The van der Waals surface area contributed by atoms with Gasteiger partial charge >= 0.3 is 0 Å². The van der Waals surface area contributed by atoms with Gasteiger partial charge < -0.3 is 10.5 Å². The molecule has 1 unspecified atom stereocenters. The van der Waals surface area contributed by atoms with Gasteiger partial charge in [0.2, 0.25) is 0 Å². The summed E-state index contributed by atoms with van der Waals surface area (Å²) in [6, 6.07) is 1.83. The smallest absolute Gasteiger partial charge is 0.159 e. The van der Waals surface area contributed by atoms with Crippen LogP contribution in [0.2, 0.25) is 0 Å². The Morgan fingerprint density at radius 2 is 2.04 bits per heavy atom. The average molecular weight is 356 g/mol. The zero-order chi connectivity index (χ0) is 18.8. The third kappa shape index (κ3) is 6.10. The molecule has 0 fully saturated rings. The van der Waals surface area contributed by atoms with Gasteiger partial charge in [-0.15, -0.1) is 0 Å². The lowest BCUT2D eigenvalue weighted by Gasteiger charge is -2.28. The molecule has 1 aromatic heterocycles. The lowest BCUT2D eigenvalue weighted by atomic mass is 9.93. The SMILES string of the molecule is C/C=C(\N)c1ccnc(C2=CCC(C)(OCCCCCCCC)C=C2)n1. The molecule has 142 valence electrons. The fraction of sp³-hybridized carbons (Fsp3) is 0.545. The Balaban J connectivity index is 1.85. The molecule has 0 saturated heterocycles. The van der Waals surface area contributed by atoms with Gasteiger partial charge in [0.15, 0.2) is 5.82 Å². The highest BCUT2D eigenvalue weighted by molar-refractivity contribution is 5.72. The van der Waals surface area contributed by atoms with E-state index in [1.54, 1.807) is 6.20 Å². The molecule has 2 rings (SSSR count). The van der Waals surface area contributed by atoms with Crippen LogP contribution in [0, 0.1) is 0 Å². The predicted octanol–water partition coefficient (Wildman–Crippen LogP) is 5.28. The highest BCUT2D eigenvalue weighted by Gasteiger charge is 2.24. The molecule has 0 aliphatic heterocycles. The molecule has 1 heterocycles. The fourth-order valence-electron chi connectivity index (χ4n) is 2.98. The van der Waals surface area contributed by atoms with Crippen molar-refractivity contribution < 1.29 is 4.74 Å². The van der Waals surface area contributed by atoms with Crippen molar-refractivity contribution in [2.24, 2.45) is 5.73 Å². The largest absolute Gasteiger partial charge is 0.397 e. The van der Waals surface area contributed by atoms with Crippen LogP contribution in [0.25, 0.3) is 11.3 Å². The first-order valence-corrected chi connectivity index (χ1v) is 9.87. The Labute approximate surface area is 158 Å². The van der Waals surface area contributed by atoms with Crippen molar-refractivity contribution in [2.75, 3.05) is 6.61 Å². The standard InChI is InChI=1S/C22H33N3O/c1-4-6-7-8-9-10-17-26-22(3)14-11-18(12-15-22)21-24-16-13-20(25-21)19(23)5-2/h5,11-14,16H,4,6-10,15,17,23H2,1-3H3/b19-5-. The summed E-state index contributed by atoms with van der Waals surface area (Å²) in [4.78, 5) is 8.95. The van der Waals surface area contributed by atoms with E-state index in [9.17, 15) is 0 Å². The lowest BCUT2D eigenvalue weighted by Crippen LogP contribution is -2.27. The number of nitrogens with two attached hydrogens (primary N) is 1. The summed E-state index contributed by atoms with van der Waals surface area (Å²) in [5, 5.41) is 0. The Morgan fingerprint density at radius 3 is 2.73 bits per heavy atom. The molecule has 0 spiro atoms. The van der Waals surface area contributed by atoms with Crippen molar-refractivity contribution in [3.63, 3.8) is 0 Å². The second kappa shape index (κ2) is 10.3. The first-order valence-electron chi connectivity index (χ1n) is 9.87. The van der Waals surface area contributed by atoms with E-state index in [2.05, 4.69) is 42.0 Å². The minimum atomic E-state index is -0.229. The van der Waals surface area contributed by atoms with E-state index >= 15 is 0 Å². The van der Waals surface area contributed by atoms with Crippen LogP contribution in [0.15, 0.2) is 36.6 Å². The zero-order valence-electron chi connectivity index (χ0n) is 16.5. The predicted molar refractivity (Wildman–Crippen MR) is 109 cm³/mol. The number of aromatic nitrogens is 2. The van der Waals surface area contributed by atoms with E-state index in [4.69, 9.17) is 10.5 Å². The summed E-state index contributed by atoms with van der Waals surface area (Å²) in [7, 11) is 0. The highest BCUT2D eigenvalue weighted by atomic mass is 16.5. The first kappa shape index (κ1) is 20.4. The van der Waals surface area contributed by atoms with Gasteiger partial charge in [-0.05, 0) is 32.8 Å². The van der Waals surface area contributed by atoms with E-state index in [0.717, 1.165) is 30.7 Å². The highest BCUT2D eigenvalue weighted by Crippen LogP contribution is 2.28. The maximum atomic E-state index is 6.14. The first-order chi connectivity index (χ1) is 12.6. The summed E-state index contributed by atoms with van der Waals surface area (Å²) in [6.07, 6.45) is 18.5. The van der Waals surface area contributed by atoms with Gasteiger partial charge in [0.05, 0.1) is 17.0 Å². The molecule has 1 aliphatic carbocycles. The van der Waals surface area contributed by atoms with Gasteiger partial charge in [-0.25, -0.2) is 9.97 Å². The maximum Gasteiger partial charge on any atom is 0.159 e. The normalized spacial score (nSPS) is 20.3. The average Bonchev–Trinajstić information content (AvgIpc) is 2.67. The Morgan fingerprint density at radius 1 is 1.27 bits per heavy atom. The third-order valence-corrected chi connectivity index (χ3v) is 4.79. The zero-order valence-corrected chi connectivity index (χ0v) is 16.5. The van der Waals surface area contributed by atoms with Gasteiger partial charge in [0, 0.05) is 18.4 Å². The molecule has 0 bridgehead atoms. The van der Waals surface area contributed by atoms with Gasteiger partial charge in [-0.2, -0.15) is 0 Å². The topological polar surface area (TPSA) is 61.0 Å². The molecule has 0 radical (unpaired) electrons. The molecular formula is C22H33N3O. The number of nitrogens with zero attached hydrogens (tertiary/aromatic N) is 2. The van der Waals surface area contributed by atoms with Crippen LogP contribution in [0.1, 0.15) is 77.2 Å². The van der Waals surface area contributed by atoms with Crippen LogP contribution in [0.5, 0.6) is 0 Å². The second-order valence-electron chi connectivity index (χ2n) is 7.14. The minimum Gasteiger partial charge on any atom is -0.397 e. The van der Waals surface area contributed by atoms with Gasteiger partial charge in [-0.3, -0.25) is 0 Å². The molecular weight excluding hydrogens is 322 g/mol. The van der Waals surface area contributed by atoms with Crippen LogP contribution >= 0.6 is 0 Å². The van der Waals surface area contributed by atoms with Crippen LogP contribution in [-0.2, 0) is 4.74 Å². The molecule has 26 heavy (non-hydrogen) atoms. The Kier molecular flexibility index (Phi) is 8.05. The molecule has 4 nitrogen and oxygen atoms in total. The summed E-state index contributed by atoms with van der Waals surface area (Å²) in [5.74, 6) is 0.710. The molecule has 1 aliphatic rings. The monoisotopic (exact) mass is 355 g/mol. The fourth-order valence-corrected chi connectivity index (χ4v) is 2.98. The van der Waals surface area contributed by atoms with Crippen LogP contribution < -0.4 is 5.73 Å². The van der Waals surface area contributed by atoms with Crippen molar-refractivity contribution >= 4 is 11.3 Å². The van der Waals surface area contributed by atoms with Gasteiger partial charge in [0.25, 0.3) is 0 Å². The maximum absolute atomic E-state index is 6.14. The van der Waals surface area contributed by atoms with Crippen molar-refractivity contribution in [1.82, 2.24) is 9.97 Å². The molecule has 0 saturated carbocycles. The molecule has 4 heteroatoms. The summed E-state index contributed by atoms with van der Waals surface area (Å²) in [6.45, 7) is 7.12. The van der Waals surface area contributed by atoms with Gasteiger partial charge in [-0.1, -0.05) is 63.3 Å². The van der Waals surface area contributed by atoms with E-state index in [0.29, 0.717) is 11.5 Å². The van der Waals surface area contributed by atoms with Crippen molar-refractivity contribution in [2.45, 2.75) is 71.3 Å². The second-order valence-corrected chi connectivity index (χ2v) is 7.14. The number of rotatable bonds is 10. The van der Waals surface area contributed by atoms with E-state index in [-0.39, 0.29) is 5.60 Å². The molecule has 1 aromatic rings. The van der Waals surface area contributed by atoms with Crippen LogP contribution in [0.4, 0.5) is 0 Å². The molecule has 0 aromatic carbocycles. The van der Waals surface area contributed by atoms with E-state index < -0.39 is 0 Å². The molecule has 0 amide bonds. The summed E-state index contributed by atoms with van der Waals surface area (Å²) in [5.41, 5.74) is 8.18. The quantitative estimate of drug-likeness (QED) is 0.580. The van der Waals surface area contributed by atoms with Crippen molar-refractivity contribution in [1.29, 1.82) is 0 Å². The van der Waals surface area contributed by atoms with Gasteiger partial charge in [0.1, 0.15) is 0 Å². The molecule has 2 N–H and O–H groups in total. The number of unbranched alkanes of at least 4 members (excludes halogenated alkanes) is 5. The van der Waals surface area contributed by atoms with Crippen molar-refractivity contribution in [3.8, 4) is 0 Å². The lowest BCUT2D eigenvalue weighted by molar-refractivity contribution is 0.00510. The van der Waals surface area contributed by atoms with Crippen molar-refractivity contribution in [3.05, 3.63) is 48.1 Å². The summed E-state index contributed by atoms with van der Waals surface area (Å²) >= 11 is 0. The number of ether oxygens (including phenoxy) is 1. The van der Waals surface area contributed by atoms with Crippen LogP contribution in [0.3, 0.4) is 0 Å². The number of allylic oxidation sites excluding steroid dienone is 3. The molecule has 1 atom stereocenters. The Bertz CT molecular complexity index is 663.